The zero-order valence-electron chi connectivity index (χ0n) is 22.8. The highest BCUT2D eigenvalue weighted by Crippen LogP contribution is 2.29. The Morgan fingerprint density at radius 3 is 2.32 bits per heavy atom. The molecule has 8 heteroatoms. The highest BCUT2D eigenvalue weighted by molar-refractivity contribution is 5.78. The number of aromatic nitrogens is 2. The Morgan fingerprint density at radius 2 is 1.70 bits per heavy atom. The van der Waals surface area contributed by atoms with Crippen LogP contribution in [0, 0.1) is 19.7 Å². The lowest BCUT2D eigenvalue weighted by atomic mass is 10.0. The molecule has 0 spiro atoms. The van der Waals surface area contributed by atoms with Crippen molar-refractivity contribution in [2.75, 3.05) is 46.9 Å². The van der Waals surface area contributed by atoms with Crippen LogP contribution in [0.3, 0.4) is 0 Å². The van der Waals surface area contributed by atoms with Crippen LogP contribution in [0.1, 0.15) is 35.5 Å². The van der Waals surface area contributed by atoms with E-state index in [0.29, 0.717) is 5.75 Å². The molecule has 0 aliphatic carbocycles. The smallest absolute Gasteiger partial charge is 0.260 e. The first-order valence-corrected chi connectivity index (χ1v) is 12.8. The summed E-state index contributed by atoms with van der Waals surface area (Å²) in [6.45, 7) is 10.7. The fourth-order valence-corrected chi connectivity index (χ4v) is 4.96. The maximum atomic E-state index is 13.5. The van der Waals surface area contributed by atoms with Crippen molar-refractivity contribution < 1.29 is 13.9 Å². The summed E-state index contributed by atoms with van der Waals surface area (Å²) in [7, 11) is 5.87. The molecule has 2 heterocycles. The Bertz CT molecular complexity index is 1230. The number of ether oxygens (including phenoxy) is 1. The van der Waals surface area contributed by atoms with Crippen molar-refractivity contribution in [3.05, 3.63) is 70.8 Å². The minimum atomic E-state index is -0.255. The van der Waals surface area contributed by atoms with Gasteiger partial charge in [-0.2, -0.15) is 5.10 Å². The molecule has 4 rings (SSSR count). The predicted octanol–water partition coefficient (Wildman–Crippen LogP) is 4.19. The van der Waals surface area contributed by atoms with Gasteiger partial charge in [-0.3, -0.25) is 14.4 Å². The van der Waals surface area contributed by atoms with E-state index in [4.69, 9.17) is 4.74 Å². The average Bonchev–Trinajstić information content (AvgIpc) is 3.14. The van der Waals surface area contributed by atoms with E-state index in [1.165, 1.54) is 12.1 Å². The van der Waals surface area contributed by atoms with Gasteiger partial charge in [-0.1, -0.05) is 18.2 Å². The average molecular weight is 508 g/mol. The maximum Gasteiger partial charge on any atom is 0.260 e. The zero-order valence-corrected chi connectivity index (χ0v) is 22.8. The Hall–Kier alpha value is -3.23. The fraction of sp³-hybridized carbons (Fsp3) is 0.448. The van der Waals surface area contributed by atoms with Crippen LogP contribution in [-0.4, -0.2) is 77.3 Å². The topological polar surface area (TPSA) is 53.8 Å². The van der Waals surface area contributed by atoms with Crippen LogP contribution < -0.4 is 4.74 Å². The normalized spacial score (nSPS) is 15.5. The van der Waals surface area contributed by atoms with Crippen LogP contribution in [0.15, 0.2) is 42.5 Å². The molecule has 37 heavy (non-hydrogen) atoms. The lowest BCUT2D eigenvalue weighted by molar-refractivity contribution is -0.134. The maximum absolute atomic E-state index is 13.5. The summed E-state index contributed by atoms with van der Waals surface area (Å²) in [4.78, 5) is 19.6. The van der Waals surface area contributed by atoms with Crippen molar-refractivity contribution >= 4 is 5.91 Å². The highest BCUT2D eigenvalue weighted by Gasteiger charge is 2.24. The van der Waals surface area contributed by atoms with Crippen LogP contribution >= 0.6 is 0 Å². The van der Waals surface area contributed by atoms with Crippen molar-refractivity contribution in [1.29, 1.82) is 0 Å². The number of carbonyl (C=O) groups is 1. The monoisotopic (exact) mass is 507 g/mol. The SMILES string of the molecule is Cc1nn(C)c(C)c1[C@H](C)N(C)C(=O)COc1ccc(-c2ccc(F)cc2)cc1CN1CCN(C)CC1. The summed E-state index contributed by atoms with van der Waals surface area (Å²) in [5.41, 5.74) is 6.01. The van der Waals surface area contributed by atoms with Gasteiger partial charge >= 0.3 is 0 Å². The number of amides is 1. The number of halogens is 1. The fourth-order valence-electron chi connectivity index (χ4n) is 4.96. The van der Waals surface area contributed by atoms with Gasteiger partial charge in [0.15, 0.2) is 6.61 Å². The minimum absolute atomic E-state index is 0.0508. The van der Waals surface area contributed by atoms with Crippen molar-refractivity contribution in [3.63, 3.8) is 0 Å². The molecule has 1 aliphatic rings. The van der Waals surface area contributed by atoms with Crippen LogP contribution in [0.25, 0.3) is 11.1 Å². The third-order valence-electron chi connectivity index (χ3n) is 7.54. The van der Waals surface area contributed by atoms with Crippen molar-refractivity contribution in [2.45, 2.75) is 33.4 Å². The van der Waals surface area contributed by atoms with Gasteiger partial charge in [-0.15, -0.1) is 0 Å². The molecule has 1 aromatic heterocycles. The predicted molar refractivity (Wildman–Crippen MR) is 144 cm³/mol. The zero-order chi connectivity index (χ0) is 26.7. The molecule has 198 valence electrons. The summed E-state index contributed by atoms with van der Waals surface area (Å²) in [6, 6.07) is 12.4. The molecular weight excluding hydrogens is 469 g/mol. The standard InChI is InChI=1S/C29H38FN5O2/c1-20-29(22(3)34(6)31-20)21(2)33(5)28(36)19-37-27-12-9-24(23-7-10-26(30)11-8-23)17-25(27)18-35-15-13-32(4)14-16-35/h7-12,17,21H,13-16,18-19H2,1-6H3/t21-/m0/s1. The largest absolute Gasteiger partial charge is 0.483 e. The molecule has 3 aromatic rings. The number of hydrogen-bond donors (Lipinski definition) is 0. The van der Waals surface area contributed by atoms with Gasteiger partial charge in [0, 0.05) is 63.6 Å². The minimum Gasteiger partial charge on any atom is -0.483 e. The Kier molecular flexibility index (Phi) is 8.29. The van der Waals surface area contributed by atoms with E-state index in [2.05, 4.69) is 28.0 Å². The van der Waals surface area contributed by atoms with E-state index < -0.39 is 0 Å². The lowest BCUT2D eigenvalue weighted by Gasteiger charge is -2.32. The molecule has 2 aromatic carbocycles. The summed E-state index contributed by atoms with van der Waals surface area (Å²) in [6.07, 6.45) is 0. The molecule has 0 bridgehead atoms. The first-order chi connectivity index (χ1) is 17.6. The van der Waals surface area contributed by atoms with E-state index >= 15 is 0 Å². The number of nitrogens with zero attached hydrogens (tertiary/aromatic N) is 5. The Balaban J connectivity index is 1.51. The highest BCUT2D eigenvalue weighted by atomic mass is 19.1. The van der Waals surface area contributed by atoms with Crippen molar-refractivity contribution in [2.24, 2.45) is 7.05 Å². The molecule has 1 atom stereocenters. The van der Waals surface area contributed by atoms with Crippen LogP contribution in [0.4, 0.5) is 4.39 Å². The van der Waals surface area contributed by atoms with Gasteiger partial charge in [0.25, 0.3) is 5.91 Å². The molecule has 7 nitrogen and oxygen atoms in total. The second kappa shape index (κ2) is 11.4. The van der Waals surface area contributed by atoms with Crippen molar-refractivity contribution in [1.82, 2.24) is 24.5 Å². The second-order valence-corrected chi connectivity index (χ2v) is 10.1. The van der Waals surface area contributed by atoms with E-state index in [-0.39, 0.29) is 24.4 Å². The van der Waals surface area contributed by atoms with Crippen molar-refractivity contribution in [3.8, 4) is 16.9 Å². The molecular formula is C29H38FN5O2. The molecule has 0 N–H and O–H groups in total. The number of hydrogen-bond acceptors (Lipinski definition) is 5. The third-order valence-corrected chi connectivity index (χ3v) is 7.54. The molecule has 1 saturated heterocycles. The van der Waals surface area contributed by atoms with Gasteiger partial charge in [0.1, 0.15) is 11.6 Å². The molecule has 1 amide bonds. The summed E-state index contributed by atoms with van der Waals surface area (Å²) >= 11 is 0. The number of piperazine rings is 1. The van der Waals surface area contributed by atoms with Crippen LogP contribution in [-0.2, 0) is 18.4 Å². The van der Waals surface area contributed by atoms with Crippen LogP contribution in [0.2, 0.25) is 0 Å². The van der Waals surface area contributed by atoms with Gasteiger partial charge < -0.3 is 14.5 Å². The molecule has 1 aliphatic heterocycles. The Morgan fingerprint density at radius 1 is 1.05 bits per heavy atom. The third kappa shape index (κ3) is 6.19. The second-order valence-electron chi connectivity index (χ2n) is 10.1. The van der Waals surface area contributed by atoms with Gasteiger partial charge in [-0.25, -0.2) is 4.39 Å². The summed E-state index contributed by atoms with van der Waals surface area (Å²) in [5.74, 6) is 0.353. The van der Waals surface area contributed by atoms with Gasteiger partial charge in [0.2, 0.25) is 0 Å². The number of rotatable bonds is 8. The number of aryl methyl sites for hydroxylation is 2. The molecule has 1 fully saturated rings. The quantitative estimate of drug-likeness (QED) is 0.458. The number of benzene rings is 2. The van der Waals surface area contributed by atoms with E-state index in [1.807, 2.05) is 51.7 Å². The number of carbonyl (C=O) groups excluding carboxylic acids is 1. The first kappa shape index (κ1) is 26.8. The lowest BCUT2D eigenvalue weighted by Crippen LogP contribution is -2.43. The van der Waals surface area contributed by atoms with E-state index in [0.717, 1.165) is 66.4 Å². The van der Waals surface area contributed by atoms with E-state index in [9.17, 15) is 9.18 Å². The summed E-state index contributed by atoms with van der Waals surface area (Å²) in [5, 5.41) is 4.50. The van der Waals surface area contributed by atoms with Crippen LogP contribution in [0.5, 0.6) is 5.75 Å². The molecule has 0 radical (unpaired) electrons. The summed E-state index contributed by atoms with van der Waals surface area (Å²) < 4.78 is 21.5. The molecule has 0 unspecified atom stereocenters. The van der Waals surface area contributed by atoms with Gasteiger partial charge in [-0.05, 0) is 63.2 Å². The number of likely N-dealkylation sites (N-methyl/N-ethyl adjacent to an activating group) is 2. The molecule has 0 saturated carbocycles. The van der Waals surface area contributed by atoms with E-state index in [1.54, 1.807) is 17.0 Å². The van der Waals surface area contributed by atoms with Gasteiger partial charge in [0.05, 0.1) is 11.7 Å². The first-order valence-electron chi connectivity index (χ1n) is 12.8. The Labute approximate surface area is 219 Å².